The van der Waals surface area contributed by atoms with Gasteiger partial charge in [-0.3, -0.25) is 4.90 Å². The maximum Gasteiger partial charge on any atom is 0.261 e. The summed E-state index contributed by atoms with van der Waals surface area (Å²) in [7, 11) is -2.50. The molecule has 0 aromatic heterocycles. The summed E-state index contributed by atoms with van der Waals surface area (Å²) in [6.45, 7) is 9.14. The second-order valence-corrected chi connectivity index (χ2v) is 14.2. The number of aliphatic hydroxyl groups is 1. The first kappa shape index (κ1) is 20.8. The van der Waals surface area contributed by atoms with Crippen LogP contribution in [-0.2, 0) is 4.43 Å². The largest absolute Gasteiger partial charge is 0.406 e. The van der Waals surface area contributed by atoms with E-state index in [-0.39, 0.29) is 17.2 Å². The minimum atomic E-state index is -2.50. The molecule has 29 heavy (non-hydrogen) atoms. The number of hydrogen-bond acceptors (Lipinski definition) is 3. The zero-order chi connectivity index (χ0) is 20.5. The topological polar surface area (TPSA) is 32.7 Å². The molecule has 2 fully saturated rings. The van der Waals surface area contributed by atoms with Gasteiger partial charge in [-0.2, -0.15) is 0 Å². The van der Waals surface area contributed by atoms with Gasteiger partial charge in [0.05, 0.1) is 13.2 Å². The lowest BCUT2D eigenvalue weighted by Gasteiger charge is -2.46. The molecule has 2 atom stereocenters. The van der Waals surface area contributed by atoms with Crippen LogP contribution in [0.4, 0.5) is 0 Å². The van der Waals surface area contributed by atoms with Crippen molar-refractivity contribution in [1.29, 1.82) is 0 Å². The van der Waals surface area contributed by atoms with Gasteiger partial charge >= 0.3 is 0 Å². The van der Waals surface area contributed by atoms with E-state index in [9.17, 15) is 5.11 Å². The van der Waals surface area contributed by atoms with E-state index in [1.165, 1.54) is 23.2 Å². The Kier molecular flexibility index (Phi) is 5.73. The molecule has 2 aliphatic rings. The van der Waals surface area contributed by atoms with Crippen molar-refractivity contribution in [1.82, 2.24) is 4.90 Å². The van der Waals surface area contributed by atoms with Crippen molar-refractivity contribution < 1.29 is 9.53 Å². The molecule has 2 heterocycles. The highest BCUT2D eigenvalue weighted by Gasteiger charge is 2.54. The Morgan fingerprint density at radius 3 is 2.10 bits per heavy atom. The second kappa shape index (κ2) is 7.99. The zero-order valence-electron chi connectivity index (χ0n) is 18.1. The van der Waals surface area contributed by atoms with E-state index < -0.39 is 8.32 Å². The fourth-order valence-corrected chi connectivity index (χ4v) is 10.5. The smallest absolute Gasteiger partial charge is 0.261 e. The molecule has 156 valence electrons. The van der Waals surface area contributed by atoms with Crippen LogP contribution < -0.4 is 10.4 Å². The van der Waals surface area contributed by atoms with Gasteiger partial charge in [-0.05, 0) is 47.6 Å². The first-order valence-electron chi connectivity index (χ1n) is 11.1. The Balaban J connectivity index is 1.76. The molecule has 2 aliphatic heterocycles. The van der Waals surface area contributed by atoms with E-state index in [0.29, 0.717) is 6.04 Å². The van der Waals surface area contributed by atoms with Gasteiger partial charge in [0.1, 0.15) is 0 Å². The quantitative estimate of drug-likeness (QED) is 0.741. The summed E-state index contributed by atoms with van der Waals surface area (Å²) in [4.78, 5) is 2.56. The van der Waals surface area contributed by atoms with Crippen molar-refractivity contribution in [3.63, 3.8) is 0 Å². The Morgan fingerprint density at radius 1 is 1.00 bits per heavy atom. The highest BCUT2D eigenvalue weighted by molar-refractivity contribution is 6.99. The third-order valence-corrected chi connectivity index (χ3v) is 12.2. The Bertz CT molecular complexity index is 765. The lowest BCUT2D eigenvalue weighted by molar-refractivity contribution is 0.0642. The van der Waals surface area contributed by atoms with Crippen LogP contribution in [0.2, 0.25) is 5.04 Å². The van der Waals surface area contributed by atoms with E-state index in [2.05, 4.69) is 86.3 Å². The molecule has 0 spiro atoms. The summed E-state index contributed by atoms with van der Waals surface area (Å²) in [6, 6.07) is 22.1. The minimum absolute atomic E-state index is 0.00473. The molecule has 2 saturated heterocycles. The molecule has 0 aliphatic carbocycles. The van der Waals surface area contributed by atoms with Crippen LogP contribution in [-0.4, -0.2) is 49.7 Å². The van der Waals surface area contributed by atoms with E-state index in [1.54, 1.807) is 0 Å². The number of fused-ring (bicyclic) bond motifs is 1. The maximum atomic E-state index is 9.87. The van der Waals surface area contributed by atoms with Crippen LogP contribution in [0.3, 0.4) is 0 Å². The van der Waals surface area contributed by atoms with E-state index >= 15 is 0 Å². The predicted octanol–water partition coefficient (Wildman–Crippen LogP) is 3.55. The van der Waals surface area contributed by atoms with Gasteiger partial charge in [-0.1, -0.05) is 81.4 Å². The molecule has 0 radical (unpaired) electrons. The van der Waals surface area contributed by atoms with Crippen LogP contribution in [0.15, 0.2) is 60.7 Å². The monoisotopic (exact) mass is 409 g/mol. The standard InChI is InChI=1S/C25H35NO2Si/c1-24(2,3)29(22-11-6-4-7-12-22,23-13-8-5-9-14-23)28-20-25-16-10-18-26(25)21(19-27)15-17-25/h4-9,11-14,21,27H,10,15-20H2,1-3H3/t21-,25-/m0/s1. The summed E-state index contributed by atoms with van der Waals surface area (Å²) >= 11 is 0. The number of aliphatic hydroxyl groups excluding tert-OH is 1. The van der Waals surface area contributed by atoms with Gasteiger partial charge in [-0.25, -0.2) is 0 Å². The van der Waals surface area contributed by atoms with Crippen LogP contribution in [0.25, 0.3) is 0 Å². The van der Waals surface area contributed by atoms with Crippen molar-refractivity contribution in [3.8, 4) is 0 Å². The molecule has 4 heteroatoms. The molecule has 2 aromatic rings. The number of hydrogen-bond donors (Lipinski definition) is 1. The molecular formula is C25H35NO2Si. The van der Waals surface area contributed by atoms with Crippen molar-refractivity contribution in [2.24, 2.45) is 0 Å². The predicted molar refractivity (Wildman–Crippen MR) is 122 cm³/mol. The Morgan fingerprint density at radius 2 is 1.59 bits per heavy atom. The molecular weight excluding hydrogens is 374 g/mol. The molecule has 2 aromatic carbocycles. The molecule has 4 rings (SSSR count). The third-order valence-electron chi connectivity index (χ3n) is 7.22. The van der Waals surface area contributed by atoms with Gasteiger partial charge in [-0.15, -0.1) is 0 Å². The number of rotatable bonds is 6. The van der Waals surface area contributed by atoms with Crippen LogP contribution in [0.1, 0.15) is 46.5 Å². The highest BCUT2D eigenvalue weighted by atomic mass is 28.4. The van der Waals surface area contributed by atoms with E-state index in [1.807, 2.05) is 0 Å². The van der Waals surface area contributed by atoms with Crippen molar-refractivity contribution >= 4 is 18.7 Å². The molecule has 0 unspecified atom stereocenters. The Labute approximate surface area is 176 Å². The van der Waals surface area contributed by atoms with Crippen LogP contribution >= 0.6 is 0 Å². The van der Waals surface area contributed by atoms with Gasteiger partial charge in [0, 0.05) is 11.6 Å². The van der Waals surface area contributed by atoms with E-state index in [4.69, 9.17) is 4.43 Å². The lowest BCUT2D eigenvalue weighted by atomic mass is 9.95. The minimum Gasteiger partial charge on any atom is -0.406 e. The Hall–Kier alpha value is -1.46. The third kappa shape index (κ3) is 3.50. The number of nitrogens with zero attached hydrogens (tertiary/aromatic N) is 1. The maximum absolute atomic E-state index is 9.87. The summed E-state index contributed by atoms with van der Waals surface area (Å²) < 4.78 is 7.26. The first-order valence-corrected chi connectivity index (χ1v) is 13.0. The summed E-state index contributed by atoms with van der Waals surface area (Å²) in [5.74, 6) is 0. The van der Waals surface area contributed by atoms with Gasteiger partial charge in [0.15, 0.2) is 0 Å². The zero-order valence-corrected chi connectivity index (χ0v) is 19.1. The fourth-order valence-electron chi connectivity index (χ4n) is 5.81. The van der Waals surface area contributed by atoms with Crippen LogP contribution in [0.5, 0.6) is 0 Å². The van der Waals surface area contributed by atoms with Crippen molar-refractivity contribution in [2.45, 2.75) is 63.1 Å². The summed E-state index contributed by atoms with van der Waals surface area (Å²) in [5.41, 5.74) is 0.0977. The lowest BCUT2D eigenvalue weighted by Crippen LogP contribution is -2.68. The molecule has 0 amide bonds. The fraction of sp³-hybridized carbons (Fsp3) is 0.520. The van der Waals surface area contributed by atoms with E-state index in [0.717, 1.165) is 26.0 Å². The molecule has 0 saturated carbocycles. The van der Waals surface area contributed by atoms with Crippen molar-refractivity contribution in [2.75, 3.05) is 19.8 Å². The number of benzene rings is 2. The molecule has 1 N–H and O–H groups in total. The average Bonchev–Trinajstić information content (AvgIpc) is 3.28. The SMILES string of the molecule is CC(C)(C)[Si](OC[C@@]12CCCN1[C@H](CO)CC2)(c1ccccc1)c1ccccc1. The average molecular weight is 410 g/mol. The molecule has 0 bridgehead atoms. The summed E-state index contributed by atoms with van der Waals surface area (Å²) in [6.07, 6.45) is 4.61. The van der Waals surface area contributed by atoms with Gasteiger partial charge in [0.2, 0.25) is 0 Å². The molecule has 3 nitrogen and oxygen atoms in total. The summed E-state index contributed by atoms with van der Waals surface area (Å²) in [5, 5.41) is 12.6. The van der Waals surface area contributed by atoms with Crippen molar-refractivity contribution in [3.05, 3.63) is 60.7 Å². The van der Waals surface area contributed by atoms with Gasteiger partial charge < -0.3 is 9.53 Å². The first-order chi connectivity index (χ1) is 13.9. The second-order valence-electron chi connectivity index (χ2n) is 9.85. The highest BCUT2D eigenvalue weighted by Crippen LogP contribution is 2.44. The van der Waals surface area contributed by atoms with Gasteiger partial charge in [0.25, 0.3) is 8.32 Å². The normalized spacial score (nSPS) is 25.3. The van der Waals surface area contributed by atoms with Crippen LogP contribution in [0, 0.1) is 0 Å².